The van der Waals surface area contributed by atoms with Gasteiger partial charge in [0, 0.05) is 0 Å². The van der Waals surface area contributed by atoms with Crippen molar-refractivity contribution in [2.45, 2.75) is 78.6 Å². The number of nitrogens with one attached hydrogen (secondary N) is 1. The third-order valence-electron chi connectivity index (χ3n) is 4.78. The predicted molar refractivity (Wildman–Crippen MR) is 81.9 cm³/mol. The molecule has 3 unspecified atom stereocenters. The topological polar surface area (TPSA) is 12.0 Å². The smallest absolute Gasteiger partial charge is 0.00180 e. The van der Waals surface area contributed by atoms with Gasteiger partial charge in [-0.1, -0.05) is 65.7 Å². The molecule has 0 bridgehead atoms. The van der Waals surface area contributed by atoms with Crippen LogP contribution in [-0.4, -0.2) is 13.1 Å². The highest BCUT2D eigenvalue weighted by molar-refractivity contribution is 4.81. The Kier molecular flexibility index (Phi) is 8.75. The zero-order chi connectivity index (χ0) is 13.2. The van der Waals surface area contributed by atoms with Gasteiger partial charge in [-0.15, -0.1) is 0 Å². The van der Waals surface area contributed by atoms with Crippen LogP contribution in [0.15, 0.2) is 0 Å². The molecule has 1 saturated carbocycles. The summed E-state index contributed by atoms with van der Waals surface area (Å²) in [6.07, 6.45) is 13.1. The quantitative estimate of drug-likeness (QED) is 0.570. The van der Waals surface area contributed by atoms with Crippen molar-refractivity contribution < 1.29 is 0 Å². The third-order valence-corrected chi connectivity index (χ3v) is 4.78. The van der Waals surface area contributed by atoms with Crippen LogP contribution < -0.4 is 5.32 Å². The van der Waals surface area contributed by atoms with Crippen LogP contribution in [0.1, 0.15) is 78.6 Å². The molecule has 0 heterocycles. The van der Waals surface area contributed by atoms with Crippen LogP contribution in [0.25, 0.3) is 0 Å². The second-order valence-electron chi connectivity index (χ2n) is 6.29. The van der Waals surface area contributed by atoms with Crippen LogP contribution in [0.2, 0.25) is 0 Å². The van der Waals surface area contributed by atoms with E-state index in [1.165, 1.54) is 64.3 Å². The molecule has 1 aliphatic rings. The molecule has 1 fully saturated rings. The minimum absolute atomic E-state index is 0.968. The first-order valence-electron chi connectivity index (χ1n) is 8.52. The van der Waals surface area contributed by atoms with E-state index in [1.54, 1.807) is 0 Å². The molecule has 0 aromatic rings. The van der Waals surface area contributed by atoms with Crippen molar-refractivity contribution in [1.82, 2.24) is 5.32 Å². The van der Waals surface area contributed by atoms with Crippen LogP contribution in [0, 0.1) is 17.8 Å². The van der Waals surface area contributed by atoms with E-state index in [1.807, 2.05) is 0 Å². The lowest BCUT2D eigenvalue weighted by atomic mass is 9.71. The van der Waals surface area contributed by atoms with E-state index in [9.17, 15) is 0 Å². The molecule has 0 aliphatic heterocycles. The molecule has 18 heavy (non-hydrogen) atoms. The van der Waals surface area contributed by atoms with Crippen LogP contribution in [0.3, 0.4) is 0 Å². The van der Waals surface area contributed by atoms with Crippen LogP contribution >= 0.6 is 0 Å². The lowest BCUT2D eigenvalue weighted by molar-refractivity contribution is 0.157. The summed E-state index contributed by atoms with van der Waals surface area (Å²) in [5.74, 6) is 3.02. The second-order valence-corrected chi connectivity index (χ2v) is 6.29. The molecule has 1 heteroatoms. The maximum atomic E-state index is 3.59. The van der Waals surface area contributed by atoms with E-state index in [2.05, 4.69) is 26.1 Å². The lowest BCUT2D eigenvalue weighted by Gasteiger charge is -2.36. The van der Waals surface area contributed by atoms with Crippen molar-refractivity contribution >= 4 is 0 Å². The maximum Gasteiger partial charge on any atom is -0.00180 e. The number of unbranched alkanes of at least 4 members (excludes halogenated alkanes) is 2. The van der Waals surface area contributed by atoms with Gasteiger partial charge in [-0.25, -0.2) is 0 Å². The summed E-state index contributed by atoms with van der Waals surface area (Å²) in [6, 6.07) is 0. The fourth-order valence-corrected chi connectivity index (χ4v) is 3.70. The number of hydrogen-bond acceptors (Lipinski definition) is 1. The van der Waals surface area contributed by atoms with Crippen LogP contribution in [-0.2, 0) is 0 Å². The summed E-state index contributed by atoms with van der Waals surface area (Å²) in [7, 11) is 0. The summed E-state index contributed by atoms with van der Waals surface area (Å²) < 4.78 is 0. The van der Waals surface area contributed by atoms with E-state index in [0.29, 0.717) is 0 Å². The predicted octanol–water partition coefficient (Wildman–Crippen LogP) is 5.01. The Morgan fingerprint density at radius 1 is 0.889 bits per heavy atom. The third kappa shape index (κ3) is 5.73. The standard InChI is InChI=1S/C17H35N/c1-4-7-8-10-16-13-15(9-5-2)11-12-17(16)14-18-6-3/h15-18H,4-14H2,1-3H3. The molecule has 0 aromatic carbocycles. The monoisotopic (exact) mass is 253 g/mol. The number of rotatable bonds is 9. The van der Waals surface area contributed by atoms with Crippen molar-refractivity contribution in [3.05, 3.63) is 0 Å². The zero-order valence-corrected chi connectivity index (χ0v) is 13.0. The van der Waals surface area contributed by atoms with E-state index < -0.39 is 0 Å². The number of hydrogen-bond donors (Lipinski definition) is 1. The van der Waals surface area contributed by atoms with Crippen molar-refractivity contribution in [3.8, 4) is 0 Å². The van der Waals surface area contributed by atoms with E-state index in [4.69, 9.17) is 0 Å². The SMILES string of the molecule is CCCCCC1CC(CCC)CCC1CNCC. The molecule has 0 saturated heterocycles. The summed E-state index contributed by atoms with van der Waals surface area (Å²) >= 11 is 0. The summed E-state index contributed by atoms with van der Waals surface area (Å²) in [4.78, 5) is 0. The summed E-state index contributed by atoms with van der Waals surface area (Å²) in [5, 5.41) is 3.59. The normalized spacial score (nSPS) is 28.5. The first kappa shape index (κ1) is 16.0. The fourth-order valence-electron chi connectivity index (χ4n) is 3.70. The molecule has 1 nitrogen and oxygen atoms in total. The molecule has 0 amide bonds. The molecular weight excluding hydrogens is 218 g/mol. The van der Waals surface area contributed by atoms with Crippen molar-refractivity contribution in [3.63, 3.8) is 0 Å². The molecule has 1 rings (SSSR count). The van der Waals surface area contributed by atoms with Gasteiger partial charge in [0.15, 0.2) is 0 Å². The van der Waals surface area contributed by atoms with Crippen molar-refractivity contribution in [1.29, 1.82) is 0 Å². The minimum atomic E-state index is 0.968. The Hall–Kier alpha value is -0.0400. The Bertz CT molecular complexity index is 190. The van der Waals surface area contributed by atoms with E-state index >= 15 is 0 Å². The fraction of sp³-hybridized carbons (Fsp3) is 1.00. The molecule has 3 atom stereocenters. The van der Waals surface area contributed by atoms with Gasteiger partial charge in [0.05, 0.1) is 0 Å². The first-order chi connectivity index (χ1) is 8.81. The molecular formula is C17H35N. The van der Waals surface area contributed by atoms with Crippen molar-refractivity contribution in [2.75, 3.05) is 13.1 Å². The summed E-state index contributed by atoms with van der Waals surface area (Å²) in [6.45, 7) is 9.30. The molecule has 108 valence electrons. The molecule has 0 radical (unpaired) electrons. The first-order valence-corrected chi connectivity index (χ1v) is 8.52. The summed E-state index contributed by atoms with van der Waals surface area (Å²) in [5.41, 5.74) is 0. The largest absolute Gasteiger partial charge is 0.317 e. The highest BCUT2D eigenvalue weighted by Gasteiger charge is 2.29. The Labute approximate surface area is 115 Å². The molecule has 1 aliphatic carbocycles. The lowest BCUT2D eigenvalue weighted by Crippen LogP contribution is -2.33. The second kappa shape index (κ2) is 9.83. The van der Waals surface area contributed by atoms with E-state index in [0.717, 1.165) is 24.3 Å². The molecule has 1 N–H and O–H groups in total. The Morgan fingerprint density at radius 3 is 2.39 bits per heavy atom. The van der Waals surface area contributed by atoms with Crippen LogP contribution in [0.4, 0.5) is 0 Å². The van der Waals surface area contributed by atoms with Gasteiger partial charge in [-0.2, -0.15) is 0 Å². The minimum Gasteiger partial charge on any atom is -0.317 e. The van der Waals surface area contributed by atoms with Gasteiger partial charge < -0.3 is 5.32 Å². The van der Waals surface area contributed by atoms with Crippen LogP contribution in [0.5, 0.6) is 0 Å². The average molecular weight is 253 g/mol. The zero-order valence-electron chi connectivity index (χ0n) is 13.0. The van der Waals surface area contributed by atoms with Crippen molar-refractivity contribution in [2.24, 2.45) is 17.8 Å². The van der Waals surface area contributed by atoms with Gasteiger partial charge in [0.25, 0.3) is 0 Å². The van der Waals surface area contributed by atoms with Gasteiger partial charge >= 0.3 is 0 Å². The Balaban J connectivity index is 2.38. The van der Waals surface area contributed by atoms with Gasteiger partial charge in [0.1, 0.15) is 0 Å². The highest BCUT2D eigenvalue weighted by atomic mass is 14.8. The molecule has 0 spiro atoms. The highest BCUT2D eigenvalue weighted by Crippen LogP contribution is 2.38. The Morgan fingerprint density at radius 2 is 1.72 bits per heavy atom. The average Bonchev–Trinajstić information content (AvgIpc) is 2.38. The van der Waals surface area contributed by atoms with Gasteiger partial charge in [-0.05, 0) is 43.7 Å². The van der Waals surface area contributed by atoms with E-state index in [-0.39, 0.29) is 0 Å². The van der Waals surface area contributed by atoms with Gasteiger partial charge in [-0.3, -0.25) is 0 Å². The molecule has 0 aromatic heterocycles. The maximum absolute atomic E-state index is 3.59. The van der Waals surface area contributed by atoms with Gasteiger partial charge in [0.2, 0.25) is 0 Å².